The van der Waals surface area contributed by atoms with Crippen molar-refractivity contribution < 1.29 is 27.5 Å². The zero-order valence-corrected chi connectivity index (χ0v) is 17.6. The van der Waals surface area contributed by atoms with Crippen molar-refractivity contribution in [3.05, 3.63) is 47.8 Å². The highest BCUT2D eigenvalue weighted by Crippen LogP contribution is 2.31. The van der Waals surface area contributed by atoms with Gasteiger partial charge in [0.15, 0.2) is 5.16 Å². The van der Waals surface area contributed by atoms with Crippen LogP contribution in [-0.4, -0.2) is 46.1 Å². The standard InChI is InChI=1S/C20H21F3N4O3S/c1-3-30-17(28)16-12(2)25-18(29)26-14(16)10-31-19-24-9-15(13-7-5-4-6-8-13)27(19)11-20(21,22)23/h4-9,12H,3,10-11H2,1-2H3,(H2,25,26,29). The molecule has 166 valence electrons. The Bertz CT molecular complexity index is 989. The van der Waals surface area contributed by atoms with Gasteiger partial charge in [0, 0.05) is 11.4 Å². The molecule has 0 saturated carbocycles. The van der Waals surface area contributed by atoms with Crippen molar-refractivity contribution in [1.82, 2.24) is 20.2 Å². The Kier molecular flexibility index (Phi) is 6.94. The molecule has 2 N–H and O–H groups in total. The number of rotatable bonds is 7. The molecule has 1 aromatic heterocycles. The van der Waals surface area contributed by atoms with Gasteiger partial charge in [0.2, 0.25) is 0 Å². The number of hydrogen-bond donors (Lipinski definition) is 2. The van der Waals surface area contributed by atoms with E-state index in [4.69, 9.17) is 4.74 Å². The number of carbonyl (C=O) groups is 2. The van der Waals surface area contributed by atoms with Crippen LogP contribution in [-0.2, 0) is 16.1 Å². The molecule has 0 saturated heterocycles. The Morgan fingerprint density at radius 3 is 2.65 bits per heavy atom. The van der Waals surface area contributed by atoms with E-state index >= 15 is 0 Å². The van der Waals surface area contributed by atoms with Crippen LogP contribution in [0.3, 0.4) is 0 Å². The summed E-state index contributed by atoms with van der Waals surface area (Å²) in [6, 6.07) is 7.54. The lowest BCUT2D eigenvalue weighted by Gasteiger charge is -2.26. The molecule has 2 aromatic rings. The monoisotopic (exact) mass is 454 g/mol. The van der Waals surface area contributed by atoms with E-state index in [1.165, 1.54) is 6.20 Å². The lowest BCUT2D eigenvalue weighted by Crippen LogP contribution is -2.49. The maximum absolute atomic E-state index is 13.3. The maximum atomic E-state index is 13.3. The quantitative estimate of drug-likeness (QED) is 0.492. The number of esters is 1. The number of carbonyl (C=O) groups excluding carboxylic acids is 2. The second kappa shape index (κ2) is 9.46. The maximum Gasteiger partial charge on any atom is 0.406 e. The number of hydrogen-bond acceptors (Lipinski definition) is 5. The number of nitrogens with one attached hydrogen (secondary N) is 2. The van der Waals surface area contributed by atoms with Crippen LogP contribution in [0.1, 0.15) is 13.8 Å². The number of aromatic nitrogens is 2. The van der Waals surface area contributed by atoms with Crippen molar-refractivity contribution in [2.24, 2.45) is 0 Å². The van der Waals surface area contributed by atoms with Crippen molar-refractivity contribution in [2.45, 2.75) is 37.8 Å². The number of alkyl halides is 3. The van der Waals surface area contributed by atoms with Gasteiger partial charge in [0.05, 0.1) is 30.1 Å². The molecule has 1 atom stereocenters. The molecule has 0 aliphatic carbocycles. The number of imidazole rings is 1. The van der Waals surface area contributed by atoms with Crippen LogP contribution in [0.15, 0.2) is 53.0 Å². The lowest BCUT2D eigenvalue weighted by molar-refractivity contribution is -0.141. The lowest BCUT2D eigenvalue weighted by atomic mass is 10.1. The van der Waals surface area contributed by atoms with Gasteiger partial charge < -0.3 is 19.9 Å². The Morgan fingerprint density at radius 2 is 2.00 bits per heavy atom. The van der Waals surface area contributed by atoms with Crippen molar-refractivity contribution >= 4 is 23.8 Å². The minimum atomic E-state index is -4.45. The zero-order valence-electron chi connectivity index (χ0n) is 16.8. The van der Waals surface area contributed by atoms with Gasteiger partial charge in [-0.2, -0.15) is 13.2 Å². The van der Waals surface area contributed by atoms with Gasteiger partial charge in [-0.3, -0.25) is 0 Å². The first-order chi connectivity index (χ1) is 14.7. The van der Waals surface area contributed by atoms with Crippen LogP contribution in [0.25, 0.3) is 11.3 Å². The van der Waals surface area contributed by atoms with Crippen LogP contribution in [0, 0.1) is 0 Å². The highest BCUT2D eigenvalue weighted by molar-refractivity contribution is 7.99. The Morgan fingerprint density at radius 1 is 1.29 bits per heavy atom. The number of halogens is 3. The minimum Gasteiger partial charge on any atom is -0.463 e. The smallest absolute Gasteiger partial charge is 0.406 e. The van der Waals surface area contributed by atoms with Crippen LogP contribution in [0.5, 0.6) is 0 Å². The molecule has 11 heteroatoms. The Hall–Kier alpha value is -2.95. The van der Waals surface area contributed by atoms with E-state index in [9.17, 15) is 22.8 Å². The normalized spacial score (nSPS) is 16.7. The summed E-state index contributed by atoms with van der Waals surface area (Å²) in [7, 11) is 0. The number of amides is 2. The first kappa shape index (κ1) is 22.7. The van der Waals surface area contributed by atoms with Crippen LogP contribution >= 0.6 is 11.8 Å². The number of urea groups is 1. The van der Waals surface area contributed by atoms with Crippen molar-refractivity contribution in [2.75, 3.05) is 12.4 Å². The van der Waals surface area contributed by atoms with E-state index < -0.39 is 30.8 Å². The summed E-state index contributed by atoms with van der Waals surface area (Å²) < 4.78 is 45.9. The molecule has 2 amide bonds. The van der Waals surface area contributed by atoms with Gasteiger partial charge in [0.25, 0.3) is 0 Å². The summed E-state index contributed by atoms with van der Waals surface area (Å²) in [4.78, 5) is 28.4. The molecule has 1 aliphatic rings. The number of ether oxygens (including phenoxy) is 1. The molecule has 1 unspecified atom stereocenters. The molecule has 0 spiro atoms. The van der Waals surface area contributed by atoms with Gasteiger partial charge in [-0.1, -0.05) is 42.1 Å². The van der Waals surface area contributed by atoms with E-state index in [-0.39, 0.29) is 28.8 Å². The third-order valence-electron chi connectivity index (χ3n) is 4.44. The second-order valence-corrected chi connectivity index (χ2v) is 7.66. The van der Waals surface area contributed by atoms with Crippen molar-refractivity contribution in [3.63, 3.8) is 0 Å². The molecule has 3 rings (SSSR count). The van der Waals surface area contributed by atoms with Crippen LogP contribution in [0.4, 0.5) is 18.0 Å². The number of thioether (sulfide) groups is 1. The summed E-state index contributed by atoms with van der Waals surface area (Å²) >= 11 is 0.997. The van der Waals surface area contributed by atoms with E-state index in [1.54, 1.807) is 44.2 Å². The van der Waals surface area contributed by atoms with Crippen LogP contribution < -0.4 is 10.6 Å². The fourth-order valence-corrected chi connectivity index (χ4v) is 4.12. The average molecular weight is 454 g/mol. The third kappa shape index (κ3) is 5.60. The Balaban J connectivity index is 1.92. The summed E-state index contributed by atoms with van der Waals surface area (Å²) in [5.41, 5.74) is 1.43. The first-order valence-corrected chi connectivity index (χ1v) is 10.5. The number of benzene rings is 1. The van der Waals surface area contributed by atoms with Crippen molar-refractivity contribution in [1.29, 1.82) is 0 Å². The highest BCUT2D eigenvalue weighted by atomic mass is 32.2. The number of nitrogens with zero attached hydrogens (tertiary/aromatic N) is 2. The molecule has 1 aromatic carbocycles. The molecule has 2 heterocycles. The van der Waals surface area contributed by atoms with Gasteiger partial charge in [-0.25, -0.2) is 14.6 Å². The van der Waals surface area contributed by atoms with E-state index in [2.05, 4.69) is 15.6 Å². The van der Waals surface area contributed by atoms with Crippen molar-refractivity contribution in [3.8, 4) is 11.3 Å². The predicted molar refractivity (Wildman–Crippen MR) is 109 cm³/mol. The average Bonchev–Trinajstić information content (AvgIpc) is 3.07. The molecular formula is C20H21F3N4O3S. The van der Waals surface area contributed by atoms with E-state index in [0.29, 0.717) is 11.3 Å². The molecule has 0 radical (unpaired) electrons. The summed E-state index contributed by atoms with van der Waals surface area (Å²) in [5.74, 6) is -0.559. The van der Waals surface area contributed by atoms with E-state index in [0.717, 1.165) is 16.3 Å². The summed E-state index contributed by atoms with van der Waals surface area (Å²) in [6.45, 7) is 2.23. The van der Waals surface area contributed by atoms with Gasteiger partial charge in [0.1, 0.15) is 6.54 Å². The van der Waals surface area contributed by atoms with Gasteiger partial charge in [-0.05, 0) is 19.4 Å². The first-order valence-electron chi connectivity index (χ1n) is 9.47. The van der Waals surface area contributed by atoms with Gasteiger partial charge >= 0.3 is 18.2 Å². The molecule has 31 heavy (non-hydrogen) atoms. The summed E-state index contributed by atoms with van der Waals surface area (Å²) in [5, 5.41) is 5.26. The van der Waals surface area contributed by atoms with Gasteiger partial charge in [-0.15, -0.1) is 0 Å². The third-order valence-corrected chi connectivity index (χ3v) is 5.45. The molecule has 0 bridgehead atoms. The fraction of sp³-hybridized carbons (Fsp3) is 0.350. The van der Waals surface area contributed by atoms with E-state index in [1.807, 2.05) is 0 Å². The topological polar surface area (TPSA) is 85.2 Å². The second-order valence-electron chi connectivity index (χ2n) is 6.71. The minimum absolute atomic E-state index is 0.0367. The fourth-order valence-electron chi connectivity index (χ4n) is 3.18. The molecule has 1 aliphatic heterocycles. The van der Waals surface area contributed by atoms with Crippen LogP contribution in [0.2, 0.25) is 0 Å². The predicted octanol–water partition coefficient (Wildman–Crippen LogP) is 3.72. The largest absolute Gasteiger partial charge is 0.463 e. The molecule has 0 fully saturated rings. The molecular weight excluding hydrogens is 433 g/mol. The summed E-state index contributed by atoms with van der Waals surface area (Å²) in [6.07, 6.45) is -3.07. The Labute approximate surface area is 181 Å². The SMILES string of the molecule is CCOC(=O)C1=C(CSc2ncc(-c3ccccc3)n2CC(F)(F)F)NC(=O)NC1C. The molecule has 7 nitrogen and oxygen atoms in total. The zero-order chi connectivity index (χ0) is 22.6. The highest BCUT2D eigenvalue weighted by Gasteiger charge is 2.32.